The molecule has 1 aliphatic rings. The van der Waals surface area contributed by atoms with Crippen LogP contribution in [0.2, 0.25) is 0 Å². The van der Waals surface area contributed by atoms with Crippen LogP contribution in [0.25, 0.3) is 0 Å². The van der Waals surface area contributed by atoms with Crippen molar-refractivity contribution in [1.82, 2.24) is 0 Å². The molecule has 0 amide bonds. The summed E-state index contributed by atoms with van der Waals surface area (Å²) >= 11 is 0. The lowest BCUT2D eigenvalue weighted by molar-refractivity contribution is -0.241. The van der Waals surface area contributed by atoms with E-state index in [1.165, 1.54) is 0 Å². The molecule has 0 saturated carbocycles. The summed E-state index contributed by atoms with van der Waals surface area (Å²) in [5.74, 6) is -4.60. The van der Waals surface area contributed by atoms with Gasteiger partial charge in [-0.2, -0.15) is 0 Å². The Morgan fingerprint density at radius 2 is 1.19 bits per heavy atom. The highest BCUT2D eigenvalue weighted by Gasteiger charge is 2.58. The summed E-state index contributed by atoms with van der Waals surface area (Å²) in [6, 6.07) is 0. The second-order valence-corrected chi connectivity index (χ2v) is 8.57. The fourth-order valence-electron chi connectivity index (χ4n) is 3.00. The molecule has 0 unspecified atom stereocenters. The van der Waals surface area contributed by atoms with Crippen molar-refractivity contribution in [2.75, 3.05) is 19.8 Å². The minimum absolute atomic E-state index is 0.0376. The number of ether oxygens (including phenoxy) is 5. The molecule has 1 saturated heterocycles. The predicted molar refractivity (Wildman–Crippen MR) is 103 cm³/mol. The summed E-state index contributed by atoms with van der Waals surface area (Å²) in [6.07, 6.45) is -5.54. The molecule has 12 nitrogen and oxygen atoms in total. The van der Waals surface area contributed by atoms with Crippen LogP contribution in [0.15, 0.2) is 0 Å². The molecular formula is C18H29O12P. The molecule has 1 heterocycles. The second-order valence-electron chi connectivity index (χ2n) is 6.47. The van der Waals surface area contributed by atoms with Gasteiger partial charge in [0.15, 0.2) is 24.2 Å². The first-order valence-corrected chi connectivity index (χ1v) is 11.3. The molecule has 0 radical (unpaired) electrons. The number of hydrogen-bond acceptors (Lipinski definition) is 12. The van der Waals surface area contributed by atoms with Gasteiger partial charge in [-0.3, -0.25) is 23.7 Å². The van der Waals surface area contributed by atoms with E-state index in [4.69, 9.17) is 32.7 Å². The van der Waals surface area contributed by atoms with Gasteiger partial charge in [0.1, 0.15) is 12.7 Å². The first-order valence-electron chi connectivity index (χ1n) is 9.64. The van der Waals surface area contributed by atoms with Crippen molar-refractivity contribution in [2.45, 2.75) is 71.8 Å². The maximum absolute atomic E-state index is 13.5. The van der Waals surface area contributed by atoms with E-state index in [0.717, 1.165) is 27.7 Å². The van der Waals surface area contributed by atoms with Crippen LogP contribution in [0.3, 0.4) is 0 Å². The molecule has 0 aromatic carbocycles. The third-order valence-corrected chi connectivity index (χ3v) is 6.17. The maximum Gasteiger partial charge on any atom is 0.363 e. The first kappa shape index (κ1) is 27.0. The van der Waals surface area contributed by atoms with Gasteiger partial charge in [-0.05, 0) is 13.8 Å². The van der Waals surface area contributed by atoms with Crippen molar-refractivity contribution in [3.05, 3.63) is 0 Å². The van der Waals surface area contributed by atoms with E-state index in [0.29, 0.717) is 0 Å². The van der Waals surface area contributed by atoms with Crippen molar-refractivity contribution < 1.29 is 56.5 Å². The average molecular weight is 468 g/mol. The summed E-state index contributed by atoms with van der Waals surface area (Å²) in [5, 5.41) is 0. The smallest absolute Gasteiger partial charge is 0.363 e. The molecule has 5 atom stereocenters. The lowest BCUT2D eigenvalue weighted by Crippen LogP contribution is -2.62. The third kappa shape index (κ3) is 7.88. The largest absolute Gasteiger partial charge is 0.463 e. The number of carbonyl (C=O) groups is 4. The lowest BCUT2D eigenvalue weighted by atomic mass is 9.99. The van der Waals surface area contributed by atoms with E-state index < -0.39 is 68.3 Å². The van der Waals surface area contributed by atoms with Crippen molar-refractivity contribution in [3.63, 3.8) is 0 Å². The predicted octanol–water partition coefficient (Wildman–Crippen LogP) is 1.34. The monoisotopic (exact) mass is 468 g/mol. The number of hydrogen-bond donors (Lipinski definition) is 0. The van der Waals surface area contributed by atoms with Gasteiger partial charge in [0, 0.05) is 27.7 Å². The Labute approximate surface area is 180 Å². The zero-order chi connectivity index (χ0) is 23.8. The van der Waals surface area contributed by atoms with Gasteiger partial charge in [0.05, 0.1) is 13.2 Å². The SMILES string of the molecule is CCOP(=O)(OCC)[C@@H]1O[C@H](COC(C)=O)[C@@H](OC(C)=O)[C@H](OC(C)=O)[C@H]1OC(C)=O. The number of carbonyl (C=O) groups excluding carboxylic acids is 4. The Kier molecular flexibility index (Phi) is 10.6. The minimum Gasteiger partial charge on any atom is -0.463 e. The van der Waals surface area contributed by atoms with E-state index in [-0.39, 0.29) is 13.2 Å². The van der Waals surface area contributed by atoms with Gasteiger partial charge in [0.2, 0.25) is 0 Å². The summed E-state index contributed by atoms with van der Waals surface area (Å²) in [6.45, 7) is 7.05. The molecule has 178 valence electrons. The number of esters is 4. The maximum atomic E-state index is 13.5. The highest BCUT2D eigenvalue weighted by Crippen LogP contribution is 2.57. The summed E-state index contributed by atoms with van der Waals surface area (Å²) < 4.78 is 50.7. The highest BCUT2D eigenvalue weighted by atomic mass is 31.2. The van der Waals surface area contributed by atoms with Crippen LogP contribution in [-0.2, 0) is 56.5 Å². The fraction of sp³-hybridized carbons (Fsp3) is 0.778. The van der Waals surface area contributed by atoms with E-state index in [1.807, 2.05) is 0 Å². The van der Waals surface area contributed by atoms with Gasteiger partial charge in [0.25, 0.3) is 0 Å². The minimum atomic E-state index is -4.11. The van der Waals surface area contributed by atoms with Crippen LogP contribution in [-0.4, -0.2) is 74.0 Å². The molecular weight excluding hydrogens is 439 g/mol. The standard InChI is InChI=1S/C18H29O12P/c1-7-25-31(23,26-8-2)18-17(29-13(6)22)16(28-12(5)21)15(27-11(4)20)14(30-18)9-24-10(3)19/h14-18H,7-9H2,1-6H3/t14-,15-,16+,17-,18+/m1/s1. The van der Waals surface area contributed by atoms with E-state index in [1.54, 1.807) is 13.8 Å². The van der Waals surface area contributed by atoms with Crippen LogP contribution in [0.4, 0.5) is 0 Å². The quantitative estimate of drug-likeness (QED) is 0.258. The molecule has 0 aromatic rings. The summed E-state index contributed by atoms with van der Waals surface area (Å²) in [5.41, 5.74) is 0. The molecule has 0 spiro atoms. The zero-order valence-electron chi connectivity index (χ0n) is 18.4. The van der Waals surface area contributed by atoms with Gasteiger partial charge in [-0.25, -0.2) is 0 Å². The van der Waals surface area contributed by atoms with Crippen LogP contribution < -0.4 is 0 Å². The van der Waals surface area contributed by atoms with Gasteiger partial charge >= 0.3 is 31.5 Å². The van der Waals surface area contributed by atoms with E-state index in [9.17, 15) is 23.7 Å². The number of rotatable bonds is 10. The molecule has 0 aromatic heterocycles. The van der Waals surface area contributed by atoms with Crippen molar-refractivity contribution in [1.29, 1.82) is 0 Å². The molecule has 0 N–H and O–H groups in total. The molecule has 1 rings (SSSR count). The van der Waals surface area contributed by atoms with E-state index in [2.05, 4.69) is 0 Å². The van der Waals surface area contributed by atoms with Gasteiger partial charge in [-0.15, -0.1) is 0 Å². The van der Waals surface area contributed by atoms with Crippen molar-refractivity contribution in [2.24, 2.45) is 0 Å². The zero-order valence-corrected chi connectivity index (χ0v) is 19.2. The lowest BCUT2D eigenvalue weighted by Gasteiger charge is -2.45. The molecule has 1 fully saturated rings. The molecule has 31 heavy (non-hydrogen) atoms. The molecule has 13 heteroatoms. The Hall–Kier alpha value is -2.01. The molecule has 1 aliphatic heterocycles. The van der Waals surface area contributed by atoms with Crippen LogP contribution in [0.1, 0.15) is 41.5 Å². The van der Waals surface area contributed by atoms with Crippen LogP contribution in [0, 0.1) is 0 Å². The third-order valence-electron chi connectivity index (χ3n) is 3.90. The Bertz CT molecular complexity index is 698. The second kappa shape index (κ2) is 12.1. The Morgan fingerprint density at radius 1 is 0.742 bits per heavy atom. The normalized spacial score (nSPS) is 25.9. The Morgan fingerprint density at radius 3 is 1.61 bits per heavy atom. The Balaban J connectivity index is 3.55. The molecule has 0 bridgehead atoms. The van der Waals surface area contributed by atoms with E-state index >= 15 is 0 Å². The molecule has 0 aliphatic carbocycles. The van der Waals surface area contributed by atoms with Gasteiger partial charge < -0.3 is 32.7 Å². The summed E-state index contributed by atoms with van der Waals surface area (Å²) in [7, 11) is -4.11. The van der Waals surface area contributed by atoms with Crippen LogP contribution in [0.5, 0.6) is 0 Å². The van der Waals surface area contributed by atoms with Crippen molar-refractivity contribution in [3.8, 4) is 0 Å². The van der Waals surface area contributed by atoms with Crippen LogP contribution >= 0.6 is 7.60 Å². The topological polar surface area (TPSA) is 150 Å². The highest BCUT2D eigenvalue weighted by molar-refractivity contribution is 7.54. The van der Waals surface area contributed by atoms with Gasteiger partial charge in [-0.1, -0.05) is 0 Å². The fourth-order valence-corrected chi connectivity index (χ4v) is 4.99. The summed E-state index contributed by atoms with van der Waals surface area (Å²) in [4.78, 5) is 46.6. The van der Waals surface area contributed by atoms with Crippen molar-refractivity contribution >= 4 is 31.5 Å². The first-order chi connectivity index (χ1) is 14.4. The average Bonchev–Trinajstić information content (AvgIpc) is 2.62.